The van der Waals surface area contributed by atoms with Crippen LogP contribution in [0.25, 0.3) is 28.1 Å². The fourth-order valence-corrected chi connectivity index (χ4v) is 3.94. The largest absolute Gasteiger partial charge is 0.382 e. The molecule has 1 fully saturated rings. The number of hydrogen-bond donors (Lipinski definition) is 1. The number of rotatable bonds is 5. The number of nitriles is 1. The standard InChI is InChI=1S/C23H23N9O/c1-14(2)27-20-7-22(31-5-4-17-6-16(8-24)9-26-23(17)31)25-10-19(20)21-13-32(29-28-21)18-11-30(12-18)15(3)33/h4-7,9-10,13-14,18H,11-12H2,1-3H3,(H,25,27). The summed E-state index contributed by atoms with van der Waals surface area (Å²) < 4.78 is 3.71. The van der Waals surface area contributed by atoms with Crippen molar-refractivity contribution in [2.75, 3.05) is 18.4 Å². The van der Waals surface area contributed by atoms with Crippen LogP contribution in [0.2, 0.25) is 0 Å². The molecule has 0 aliphatic carbocycles. The van der Waals surface area contributed by atoms with Crippen LogP contribution in [0.3, 0.4) is 0 Å². The molecule has 0 bridgehead atoms. The minimum absolute atomic E-state index is 0.0747. The maximum atomic E-state index is 11.5. The molecule has 0 radical (unpaired) electrons. The van der Waals surface area contributed by atoms with Crippen LogP contribution in [-0.4, -0.2) is 59.5 Å². The first-order valence-corrected chi connectivity index (χ1v) is 10.7. The Balaban J connectivity index is 1.49. The molecule has 1 amide bonds. The Kier molecular flexibility index (Phi) is 5.01. The van der Waals surface area contributed by atoms with Gasteiger partial charge in [-0.25, -0.2) is 14.6 Å². The van der Waals surface area contributed by atoms with E-state index in [0.29, 0.717) is 30.2 Å². The van der Waals surface area contributed by atoms with E-state index in [1.165, 1.54) is 0 Å². The minimum Gasteiger partial charge on any atom is -0.382 e. The Hall–Kier alpha value is -4.26. The van der Waals surface area contributed by atoms with E-state index >= 15 is 0 Å². The Labute approximate surface area is 190 Å². The summed E-state index contributed by atoms with van der Waals surface area (Å²) >= 11 is 0. The molecule has 1 aliphatic heterocycles. The SMILES string of the molecule is CC(=O)N1CC(n2cc(-c3cnc(-n4ccc5cc(C#N)cnc54)cc3NC(C)C)nn2)C1. The van der Waals surface area contributed by atoms with Gasteiger partial charge in [0.1, 0.15) is 23.2 Å². The van der Waals surface area contributed by atoms with Gasteiger partial charge >= 0.3 is 0 Å². The molecule has 4 aromatic rings. The van der Waals surface area contributed by atoms with Crippen molar-refractivity contribution in [3.8, 4) is 23.1 Å². The lowest BCUT2D eigenvalue weighted by molar-refractivity contribution is -0.134. The van der Waals surface area contributed by atoms with Gasteiger partial charge in [-0.1, -0.05) is 5.21 Å². The number of amides is 1. The van der Waals surface area contributed by atoms with Crippen LogP contribution in [0, 0.1) is 11.3 Å². The third kappa shape index (κ3) is 3.78. The number of nitrogens with zero attached hydrogens (tertiary/aromatic N) is 8. The molecule has 0 spiro atoms. The van der Waals surface area contributed by atoms with Crippen LogP contribution in [-0.2, 0) is 4.79 Å². The lowest BCUT2D eigenvalue weighted by Crippen LogP contribution is -2.50. The van der Waals surface area contributed by atoms with Crippen LogP contribution in [0.15, 0.2) is 43.0 Å². The Morgan fingerprint density at radius 2 is 2.06 bits per heavy atom. The van der Waals surface area contributed by atoms with Crippen LogP contribution < -0.4 is 5.32 Å². The molecule has 0 saturated carbocycles. The molecule has 5 heterocycles. The minimum atomic E-state index is 0.0747. The number of carbonyl (C=O) groups excluding carboxylic acids is 1. The number of hydrogen-bond acceptors (Lipinski definition) is 7. The highest BCUT2D eigenvalue weighted by Gasteiger charge is 2.31. The van der Waals surface area contributed by atoms with E-state index in [1.54, 1.807) is 24.2 Å². The number of likely N-dealkylation sites (tertiary alicyclic amines) is 1. The molecular weight excluding hydrogens is 418 g/mol. The maximum absolute atomic E-state index is 11.5. The number of nitrogens with one attached hydrogen (secondary N) is 1. The average Bonchev–Trinajstić information content (AvgIpc) is 3.39. The summed E-state index contributed by atoms with van der Waals surface area (Å²) in [4.78, 5) is 22.4. The average molecular weight is 441 g/mol. The Morgan fingerprint density at radius 3 is 2.79 bits per heavy atom. The van der Waals surface area contributed by atoms with Gasteiger partial charge in [-0.2, -0.15) is 5.26 Å². The zero-order chi connectivity index (χ0) is 23.1. The third-order valence-corrected chi connectivity index (χ3v) is 5.70. The first-order valence-electron chi connectivity index (χ1n) is 10.7. The van der Waals surface area contributed by atoms with Crippen molar-refractivity contribution in [3.05, 3.63) is 48.5 Å². The molecule has 4 aromatic heterocycles. The Bertz CT molecular complexity index is 1390. The number of pyridine rings is 2. The second-order valence-corrected chi connectivity index (χ2v) is 8.48. The molecule has 1 aliphatic rings. The van der Waals surface area contributed by atoms with Crippen molar-refractivity contribution in [3.63, 3.8) is 0 Å². The summed E-state index contributed by atoms with van der Waals surface area (Å²) in [5.74, 6) is 0.781. The van der Waals surface area contributed by atoms with E-state index in [1.807, 2.05) is 39.8 Å². The molecule has 5 rings (SSSR count). The molecule has 1 saturated heterocycles. The molecule has 10 heteroatoms. The van der Waals surface area contributed by atoms with Gasteiger partial charge in [0.2, 0.25) is 5.91 Å². The van der Waals surface area contributed by atoms with Crippen molar-refractivity contribution >= 4 is 22.6 Å². The smallest absolute Gasteiger partial charge is 0.219 e. The van der Waals surface area contributed by atoms with Gasteiger partial charge < -0.3 is 10.2 Å². The monoisotopic (exact) mass is 441 g/mol. The van der Waals surface area contributed by atoms with Crippen LogP contribution in [0.5, 0.6) is 0 Å². The van der Waals surface area contributed by atoms with E-state index in [9.17, 15) is 4.79 Å². The molecule has 0 aromatic carbocycles. The molecule has 10 nitrogen and oxygen atoms in total. The summed E-state index contributed by atoms with van der Waals surface area (Å²) in [6, 6.07) is 8.15. The predicted molar refractivity (Wildman–Crippen MR) is 123 cm³/mol. The highest BCUT2D eigenvalue weighted by Crippen LogP contribution is 2.30. The molecular formula is C23H23N9O. The van der Waals surface area contributed by atoms with Gasteiger partial charge in [0.25, 0.3) is 0 Å². The summed E-state index contributed by atoms with van der Waals surface area (Å²) in [5.41, 5.74) is 3.70. The van der Waals surface area contributed by atoms with E-state index in [0.717, 1.165) is 22.3 Å². The van der Waals surface area contributed by atoms with Crippen molar-refractivity contribution in [1.82, 2.24) is 34.4 Å². The summed E-state index contributed by atoms with van der Waals surface area (Å²) in [7, 11) is 0. The number of anilines is 1. The summed E-state index contributed by atoms with van der Waals surface area (Å²) in [6.45, 7) is 7.01. The first-order chi connectivity index (χ1) is 15.9. The molecule has 1 N–H and O–H groups in total. The number of aromatic nitrogens is 6. The fraction of sp³-hybridized carbons (Fsp3) is 0.304. The quantitative estimate of drug-likeness (QED) is 0.506. The van der Waals surface area contributed by atoms with E-state index < -0.39 is 0 Å². The fourth-order valence-electron chi connectivity index (χ4n) is 3.94. The molecule has 0 unspecified atom stereocenters. The van der Waals surface area contributed by atoms with Crippen molar-refractivity contribution in [2.45, 2.75) is 32.9 Å². The Morgan fingerprint density at radius 1 is 1.24 bits per heavy atom. The van der Waals surface area contributed by atoms with Gasteiger partial charge in [-0.3, -0.25) is 9.36 Å². The van der Waals surface area contributed by atoms with Crippen LogP contribution in [0.4, 0.5) is 5.69 Å². The van der Waals surface area contributed by atoms with Gasteiger partial charge in [0.05, 0.1) is 17.8 Å². The van der Waals surface area contributed by atoms with Crippen LogP contribution >= 0.6 is 0 Å². The highest BCUT2D eigenvalue weighted by molar-refractivity contribution is 5.81. The lowest BCUT2D eigenvalue weighted by Gasteiger charge is -2.38. The third-order valence-electron chi connectivity index (χ3n) is 5.70. The number of carbonyl (C=O) groups is 1. The van der Waals surface area contributed by atoms with Gasteiger partial charge in [0, 0.05) is 67.3 Å². The van der Waals surface area contributed by atoms with Crippen molar-refractivity contribution in [2.24, 2.45) is 0 Å². The van der Waals surface area contributed by atoms with Gasteiger partial charge in [-0.15, -0.1) is 5.10 Å². The van der Waals surface area contributed by atoms with E-state index in [-0.39, 0.29) is 18.0 Å². The predicted octanol–water partition coefficient (Wildman–Crippen LogP) is 2.77. The van der Waals surface area contributed by atoms with Crippen molar-refractivity contribution < 1.29 is 4.79 Å². The molecule has 33 heavy (non-hydrogen) atoms. The summed E-state index contributed by atoms with van der Waals surface area (Å²) in [6.07, 6.45) is 7.15. The molecule has 166 valence electrons. The highest BCUT2D eigenvalue weighted by atomic mass is 16.2. The maximum Gasteiger partial charge on any atom is 0.219 e. The lowest BCUT2D eigenvalue weighted by atomic mass is 10.1. The number of fused-ring (bicyclic) bond motifs is 1. The van der Waals surface area contributed by atoms with Gasteiger partial charge in [-0.05, 0) is 26.0 Å². The topological polar surface area (TPSA) is 118 Å². The molecule has 0 atom stereocenters. The van der Waals surface area contributed by atoms with Crippen molar-refractivity contribution in [1.29, 1.82) is 5.26 Å². The second kappa shape index (κ2) is 8.02. The first kappa shape index (κ1) is 20.6. The second-order valence-electron chi connectivity index (χ2n) is 8.48. The summed E-state index contributed by atoms with van der Waals surface area (Å²) in [5, 5.41) is 22.1. The van der Waals surface area contributed by atoms with Gasteiger partial charge in [0.15, 0.2) is 0 Å². The zero-order valence-corrected chi connectivity index (χ0v) is 18.6. The zero-order valence-electron chi connectivity index (χ0n) is 18.6. The van der Waals surface area contributed by atoms with Crippen LogP contribution in [0.1, 0.15) is 32.4 Å². The van der Waals surface area contributed by atoms with E-state index in [2.05, 4.69) is 45.5 Å². The van der Waals surface area contributed by atoms with E-state index in [4.69, 9.17) is 5.26 Å². The normalized spacial score (nSPS) is 13.8.